The van der Waals surface area contributed by atoms with Crippen molar-refractivity contribution >= 4 is 17.7 Å². The Balaban J connectivity index is 2.94. The first kappa shape index (κ1) is 11.7. The van der Waals surface area contributed by atoms with Crippen molar-refractivity contribution in [1.82, 2.24) is 9.66 Å². The summed E-state index contributed by atoms with van der Waals surface area (Å²) in [5, 5.41) is 8.89. The molecule has 1 atom stereocenters. The van der Waals surface area contributed by atoms with Crippen LogP contribution in [0.1, 0.15) is 18.2 Å². The highest BCUT2D eigenvalue weighted by atomic mass is 16.4. The van der Waals surface area contributed by atoms with Gasteiger partial charge in [0.2, 0.25) is 5.78 Å². The number of ketones is 1. The number of carbonyl (C=O) groups excluding carboxylic acids is 2. The molecule has 1 unspecified atom stereocenters. The third-order valence-electron chi connectivity index (χ3n) is 1.97. The molecular weight excluding hydrogens is 216 g/mol. The number of primary amides is 1. The number of hydrogen-bond donors (Lipinski definition) is 3. The van der Waals surface area contributed by atoms with Crippen molar-refractivity contribution in [2.75, 3.05) is 5.84 Å². The minimum absolute atomic E-state index is 0.0119. The number of carboxylic acid groups (broad SMARTS) is 1. The molecule has 1 amide bonds. The molecular formula is C8H10N4O4. The number of carbonyl (C=O) groups is 3. The Hall–Kier alpha value is -2.38. The van der Waals surface area contributed by atoms with Gasteiger partial charge in [0.15, 0.2) is 0 Å². The third-order valence-corrected chi connectivity index (χ3v) is 1.97. The van der Waals surface area contributed by atoms with Crippen LogP contribution >= 0.6 is 0 Å². The molecule has 0 bridgehead atoms. The van der Waals surface area contributed by atoms with Gasteiger partial charge in [-0.2, -0.15) is 0 Å². The number of aromatic nitrogens is 2. The van der Waals surface area contributed by atoms with Crippen molar-refractivity contribution < 1.29 is 19.5 Å². The molecule has 0 saturated carbocycles. The molecule has 0 aliphatic heterocycles. The van der Waals surface area contributed by atoms with Crippen LogP contribution in [0.4, 0.5) is 0 Å². The number of nitrogens with zero attached hydrogens (tertiary/aromatic N) is 2. The Morgan fingerprint density at radius 2 is 2.12 bits per heavy atom. The molecule has 0 saturated heterocycles. The SMILES string of the molecule is NC(=O)C(=O)CC(C(=O)O)c1nccn1N. The quantitative estimate of drug-likeness (QED) is 0.400. The van der Waals surface area contributed by atoms with Crippen molar-refractivity contribution in [2.24, 2.45) is 5.73 Å². The van der Waals surface area contributed by atoms with Crippen molar-refractivity contribution in [3.63, 3.8) is 0 Å². The Labute approximate surface area is 89.8 Å². The van der Waals surface area contributed by atoms with Gasteiger partial charge in [-0.05, 0) is 0 Å². The second-order valence-corrected chi connectivity index (χ2v) is 3.08. The number of rotatable bonds is 5. The smallest absolute Gasteiger partial charge is 0.314 e. The van der Waals surface area contributed by atoms with Gasteiger partial charge in [0.1, 0.15) is 11.7 Å². The molecule has 1 aromatic heterocycles. The van der Waals surface area contributed by atoms with E-state index >= 15 is 0 Å². The minimum Gasteiger partial charge on any atom is -0.481 e. The summed E-state index contributed by atoms with van der Waals surface area (Å²) in [6, 6.07) is 0. The van der Waals surface area contributed by atoms with E-state index in [9.17, 15) is 14.4 Å². The normalized spacial score (nSPS) is 12.0. The van der Waals surface area contributed by atoms with E-state index in [0.29, 0.717) is 0 Å². The number of nitrogens with two attached hydrogens (primary N) is 2. The van der Waals surface area contributed by atoms with Gasteiger partial charge in [0, 0.05) is 18.8 Å². The molecule has 5 N–H and O–H groups in total. The van der Waals surface area contributed by atoms with Crippen molar-refractivity contribution in [3.05, 3.63) is 18.2 Å². The van der Waals surface area contributed by atoms with E-state index in [1.54, 1.807) is 0 Å². The van der Waals surface area contributed by atoms with Crippen LogP contribution in [0.5, 0.6) is 0 Å². The van der Waals surface area contributed by atoms with E-state index in [4.69, 9.17) is 16.7 Å². The average Bonchev–Trinajstić information content (AvgIpc) is 2.59. The van der Waals surface area contributed by atoms with Crippen molar-refractivity contribution in [2.45, 2.75) is 12.3 Å². The fraction of sp³-hybridized carbons (Fsp3) is 0.250. The maximum atomic E-state index is 11.0. The Bertz CT molecular complexity index is 439. The van der Waals surface area contributed by atoms with Crippen LogP contribution in [0.2, 0.25) is 0 Å². The number of Topliss-reactive ketones (excluding diaryl/α,β-unsaturated/α-hetero) is 1. The molecule has 8 heteroatoms. The van der Waals surface area contributed by atoms with Gasteiger partial charge in [-0.15, -0.1) is 0 Å². The second kappa shape index (κ2) is 4.43. The Morgan fingerprint density at radius 3 is 2.50 bits per heavy atom. The molecule has 0 fully saturated rings. The lowest BCUT2D eigenvalue weighted by Crippen LogP contribution is -2.29. The monoisotopic (exact) mass is 226 g/mol. The van der Waals surface area contributed by atoms with Gasteiger partial charge < -0.3 is 16.7 Å². The number of aliphatic carboxylic acids is 1. The van der Waals surface area contributed by atoms with Crippen LogP contribution < -0.4 is 11.6 Å². The molecule has 1 aromatic rings. The average molecular weight is 226 g/mol. The van der Waals surface area contributed by atoms with Crippen LogP contribution in [0.3, 0.4) is 0 Å². The number of amides is 1. The predicted octanol–water partition coefficient (Wildman–Crippen LogP) is -1.79. The molecule has 0 aromatic carbocycles. The van der Waals surface area contributed by atoms with Gasteiger partial charge in [0.05, 0.1) is 0 Å². The van der Waals surface area contributed by atoms with E-state index in [-0.39, 0.29) is 5.82 Å². The first-order valence-electron chi connectivity index (χ1n) is 4.27. The highest BCUT2D eigenvalue weighted by Gasteiger charge is 2.28. The molecule has 0 aliphatic carbocycles. The number of nitrogen functional groups attached to an aromatic ring is 1. The first-order chi connectivity index (χ1) is 7.43. The molecule has 1 heterocycles. The minimum atomic E-state index is -1.30. The predicted molar refractivity (Wildman–Crippen MR) is 51.6 cm³/mol. The first-order valence-corrected chi connectivity index (χ1v) is 4.27. The summed E-state index contributed by atoms with van der Waals surface area (Å²) in [4.78, 5) is 36.2. The lowest BCUT2D eigenvalue weighted by molar-refractivity contribution is -0.142. The van der Waals surface area contributed by atoms with Crippen molar-refractivity contribution in [3.8, 4) is 0 Å². The van der Waals surface area contributed by atoms with E-state index in [2.05, 4.69) is 4.98 Å². The third kappa shape index (κ3) is 2.35. The van der Waals surface area contributed by atoms with Crippen LogP contribution in [-0.2, 0) is 14.4 Å². The van der Waals surface area contributed by atoms with Crippen LogP contribution in [0.25, 0.3) is 0 Å². The van der Waals surface area contributed by atoms with Gasteiger partial charge in [-0.25, -0.2) is 4.98 Å². The Kier molecular flexibility index (Phi) is 3.24. The highest BCUT2D eigenvalue weighted by molar-refractivity contribution is 6.36. The summed E-state index contributed by atoms with van der Waals surface area (Å²) in [6.07, 6.45) is 2.07. The summed E-state index contributed by atoms with van der Waals surface area (Å²) < 4.78 is 0.979. The van der Waals surface area contributed by atoms with Crippen LogP contribution in [0, 0.1) is 0 Å². The van der Waals surface area contributed by atoms with Crippen LogP contribution in [0.15, 0.2) is 12.4 Å². The van der Waals surface area contributed by atoms with Gasteiger partial charge >= 0.3 is 5.97 Å². The highest BCUT2D eigenvalue weighted by Crippen LogP contribution is 2.17. The molecule has 86 valence electrons. The number of imidazole rings is 1. The summed E-state index contributed by atoms with van der Waals surface area (Å²) >= 11 is 0. The molecule has 8 nitrogen and oxygen atoms in total. The zero-order valence-electron chi connectivity index (χ0n) is 8.16. The summed E-state index contributed by atoms with van der Waals surface area (Å²) in [5.74, 6) is 0.650. The topological polar surface area (TPSA) is 141 Å². The molecule has 16 heavy (non-hydrogen) atoms. The van der Waals surface area contributed by atoms with Gasteiger partial charge in [-0.1, -0.05) is 0 Å². The fourth-order valence-electron chi connectivity index (χ4n) is 1.17. The molecule has 1 rings (SSSR count). The molecule has 0 aliphatic rings. The summed E-state index contributed by atoms with van der Waals surface area (Å²) in [6.45, 7) is 0. The van der Waals surface area contributed by atoms with Crippen molar-refractivity contribution in [1.29, 1.82) is 0 Å². The summed E-state index contributed by atoms with van der Waals surface area (Å²) in [7, 11) is 0. The maximum absolute atomic E-state index is 11.0. The largest absolute Gasteiger partial charge is 0.481 e. The summed E-state index contributed by atoms with van der Waals surface area (Å²) in [5.41, 5.74) is 4.74. The van der Waals surface area contributed by atoms with Gasteiger partial charge in [0.25, 0.3) is 5.91 Å². The second-order valence-electron chi connectivity index (χ2n) is 3.08. The van der Waals surface area contributed by atoms with E-state index in [1.807, 2.05) is 0 Å². The molecule has 0 radical (unpaired) electrons. The lowest BCUT2D eigenvalue weighted by Gasteiger charge is -2.09. The Morgan fingerprint density at radius 1 is 1.50 bits per heavy atom. The van der Waals surface area contributed by atoms with E-state index < -0.39 is 30.0 Å². The van der Waals surface area contributed by atoms with E-state index in [1.165, 1.54) is 12.4 Å². The maximum Gasteiger partial charge on any atom is 0.314 e. The lowest BCUT2D eigenvalue weighted by atomic mass is 10.0. The van der Waals surface area contributed by atoms with Crippen LogP contribution in [-0.4, -0.2) is 32.4 Å². The number of hydrogen-bond acceptors (Lipinski definition) is 5. The fourth-order valence-corrected chi connectivity index (χ4v) is 1.17. The standard InChI is InChI=1S/C8H10N4O4/c9-6(14)5(13)3-4(8(15)16)7-11-1-2-12(7)10/h1-2,4H,3,10H2,(H2,9,14)(H,15,16). The number of carboxylic acids is 1. The zero-order chi connectivity index (χ0) is 12.3. The molecule has 0 spiro atoms. The zero-order valence-corrected chi connectivity index (χ0v) is 8.16. The van der Waals surface area contributed by atoms with E-state index in [0.717, 1.165) is 4.68 Å². The van der Waals surface area contributed by atoms with Gasteiger partial charge in [-0.3, -0.25) is 19.1 Å².